The van der Waals surface area contributed by atoms with Gasteiger partial charge < -0.3 is 10.6 Å². The minimum atomic E-state index is 0.0252. The molecule has 1 heterocycles. The third-order valence-electron chi connectivity index (χ3n) is 4.57. The fraction of sp³-hybridized carbons (Fsp3) is 0.933. The van der Waals surface area contributed by atoms with E-state index in [2.05, 4.69) is 36.3 Å². The Bertz CT molecular complexity index is 304. The summed E-state index contributed by atoms with van der Waals surface area (Å²) in [5.41, 5.74) is 0. The normalized spacial score (nSPS) is 27.8. The maximum atomic E-state index is 12.1. The van der Waals surface area contributed by atoms with Crippen molar-refractivity contribution < 1.29 is 4.79 Å². The van der Waals surface area contributed by atoms with Gasteiger partial charge in [0.25, 0.3) is 0 Å². The number of nitrogens with zero attached hydrogens (tertiary/aromatic N) is 1. The molecule has 1 saturated carbocycles. The fourth-order valence-corrected chi connectivity index (χ4v) is 3.00. The van der Waals surface area contributed by atoms with Gasteiger partial charge in [-0.25, -0.2) is 0 Å². The van der Waals surface area contributed by atoms with Gasteiger partial charge in [0.05, 0.1) is 6.04 Å². The summed E-state index contributed by atoms with van der Waals surface area (Å²) in [7, 11) is 0. The van der Waals surface area contributed by atoms with Crippen LogP contribution in [-0.2, 0) is 4.79 Å². The van der Waals surface area contributed by atoms with Crippen molar-refractivity contribution in [2.45, 2.75) is 64.6 Å². The molecule has 1 amide bonds. The molecule has 0 aromatic carbocycles. The van der Waals surface area contributed by atoms with Gasteiger partial charge in [0.2, 0.25) is 5.91 Å². The molecule has 110 valence electrons. The molecule has 2 aliphatic rings. The van der Waals surface area contributed by atoms with Crippen LogP contribution in [0, 0.1) is 5.92 Å². The first kappa shape index (κ1) is 14.8. The van der Waals surface area contributed by atoms with E-state index in [-0.39, 0.29) is 11.9 Å². The third kappa shape index (κ3) is 4.18. The van der Waals surface area contributed by atoms with Crippen molar-refractivity contribution in [2.75, 3.05) is 19.6 Å². The predicted octanol–water partition coefficient (Wildman–Crippen LogP) is 1.36. The highest BCUT2D eigenvalue weighted by atomic mass is 16.2. The lowest BCUT2D eigenvalue weighted by molar-refractivity contribution is -0.126. The van der Waals surface area contributed by atoms with Crippen LogP contribution in [0.25, 0.3) is 0 Å². The first-order valence-corrected chi connectivity index (χ1v) is 7.89. The summed E-state index contributed by atoms with van der Waals surface area (Å²) in [6, 6.07) is 1.04. The number of nitrogens with one attached hydrogen (secondary N) is 2. The molecule has 1 aliphatic heterocycles. The second kappa shape index (κ2) is 6.71. The fourth-order valence-electron chi connectivity index (χ4n) is 3.00. The van der Waals surface area contributed by atoms with Crippen LogP contribution in [0.5, 0.6) is 0 Å². The molecule has 1 saturated heterocycles. The summed E-state index contributed by atoms with van der Waals surface area (Å²) in [6.45, 7) is 9.62. The topological polar surface area (TPSA) is 44.4 Å². The van der Waals surface area contributed by atoms with E-state index in [0.29, 0.717) is 18.0 Å². The summed E-state index contributed by atoms with van der Waals surface area (Å²) in [6.07, 6.45) is 4.82. The summed E-state index contributed by atoms with van der Waals surface area (Å²) in [4.78, 5) is 14.5. The second-order valence-electron chi connectivity index (χ2n) is 6.20. The molecular weight excluding hydrogens is 238 g/mol. The molecule has 3 atom stereocenters. The second-order valence-corrected chi connectivity index (χ2v) is 6.20. The maximum absolute atomic E-state index is 12.1. The first-order chi connectivity index (χ1) is 9.11. The quantitative estimate of drug-likeness (QED) is 0.764. The van der Waals surface area contributed by atoms with Crippen LogP contribution in [-0.4, -0.2) is 48.6 Å². The van der Waals surface area contributed by atoms with Crippen LogP contribution >= 0.6 is 0 Å². The molecule has 2 N–H and O–H groups in total. The lowest BCUT2D eigenvalue weighted by Crippen LogP contribution is -2.52. The largest absolute Gasteiger partial charge is 0.352 e. The van der Waals surface area contributed by atoms with Crippen molar-refractivity contribution in [2.24, 2.45) is 5.92 Å². The predicted molar refractivity (Wildman–Crippen MR) is 78.1 cm³/mol. The van der Waals surface area contributed by atoms with E-state index in [4.69, 9.17) is 0 Å². The molecule has 2 rings (SSSR count). The number of piperidine rings is 1. The molecular formula is C15H29N3O. The molecule has 0 bridgehead atoms. The smallest absolute Gasteiger partial charge is 0.237 e. The highest BCUT2D eigenvalue weighted by Gasteiger charge is 2.32. The molecule has 0 spiro atoms. The Labute approximate surface area is 117 Å². The summed E-state index contributed by atoms with van der Waals surface area (Å²) in [5.74, 6) is 0.893. The highest BCUT2D eigenvalue weighted by molar-refractivity contribution is 5.81. The van der Waals surface area contributed by atoms with E-state index in [9.17, 15) is 4.79 Å². The van der Waals surface area contributed by atoms with E-state index in [1.54, 1.807) is 0 Å². The monoisotopic (exact) mass is 267 g/mol. The SMILES string of the molecule is CCNC(C)C1CCCN(C(C)C(=O)NC2CC2)C1. The van der Waals surface area contributed by atoms with Gasteiger partial charge in [-0.1, -0.05) is 6.92 Å². The Morgan fingerprint density at radius 1 is 1.32 bits per heavy atom. The average Bonchev–Trinajstić information content (AvgIpc) is 3.22. The van der Waals surface area contributed by atoms with Crippen molar-refractivity contribution in [3.63, 3.8) is 0 Å². The van der Waals surface area contributed by atoms with Gasteiger partial charge in [-0.3, -0.25) is 9.69 Å². The zero-order valence-corrected chi connectivity index (χ0v) is 12.6. The van der Waals surface area contributed by atoms with Crippen molar-refractivity contribution >= 4 is 5.91 Å². The minimum Gasteiger partial charge on any atom is -0.352 e. The van der Waals surface area contributed by atoms with Crippen molar-refractivity contribution in [1.82, 2.24) is 15.5 Å². The summed E-state index contributed by atoms with van der Waals surface area (Å²) < 4.78 is 0. The van der Waals surface area contributed by atoms with Crippen LogP contribution in [0.3, 0.4) is 0 Å². The molecule has 0 aromatic rings. The molecule has 4 nitrogen and oxygen atoms in total. The zero-order chi connectivity index (χ0) is 13.8. The van der Waals surface area contributed by atoms with Crippen LogP contribution < -0.4 is 10.6 Å². The number of hydrogen-bond acceptors (Lipinski definition) is 3. The van der Waals surface area contributed by atoms with Gasteiger partial charge in [-0.2, -0.15) is 0 Å². The van der Waals surface area contributed by atoms with Crippen molar-refractivity contribution in [1.29, 1.82) is 0 Å². The van der Waals surface area contributed by atoms with E-state index >= 15 is 0 Å². The van der Waals surface area contributed by atoms with Crippen LogP contribution in [0.1, 0.15) is 46.5 Å². The summed E-state index contributed by atoms with van der Waals surface area (Å²) >= 11 is 0. The Kier molecular flexibility index (Phi) is 5.22. The van der Waals surface area contributed by atoms with E-state index in [1.807, 2.05) is 0 Å². The van der Waals surface area contributed by atoms with Gasteiger partial charge in [-0.05, 0) is 58.5 Å². The Morgan fingerprint density at radius 2 is 2.05 bits per heavy atom. The summed E-state index contributed by atoms with van der Waals surface area (Å²) in [5, 5.41) is 6.64. The highest BCUT2D eigenvalue weighted by Crippen LogP contribution is 2.23. The van der Waals surface area contributed by atoms with Gasteiger partial charge >= 0.3 is 0 Å². The lowest BCUT2D eigenvalue weighted by Gasteiger charge is -2.38. The number of likely N-dealkylation sites (tertiary alicyclic amines) is 1. The number of rotatable bonds is 6. The van der Waals surface area contributed by atoms with E-state index in [1.165, 1.54) is 25.7 Å². The standard InChI is InChI=1S/C15H29N3O/c1-4-16-11(2)13-6-5-9-18(10-13)12(3)15(19)17-14-7-8-14/h11-14,16H,4-10H2,1-3H3,(H,17,19). The Hall–Kier alpha value is -0.610. The zero-order valence-electron chi connectivity index (χ0n) is 12.6. The molecule has 3 unspecified atom stereocenters. The molecule has 2 fully saturated rings. The van der Waals surface area contributed by atoms with Crippen LogP contribution in [0.2, 0.25) is 0 Å². The minimum absolute atomic E-state index is 0.0252. The average molecular weight is 267 g/mol. The maximum Gasteiger partial charge on any atom is 0.237 e. The third-order valence-corrected chi connectivity index (χ3v) is 4.57. The van der Waals surface area contributed by atoms with Crippen LogP contribution in [0.15, 0.2) is 0 Å². The molecule has 1 aliphatic carbocycles. The van der Waals surface area contributed by atoms with E-state index in [0.717, 1.165) is 19.6 Å². The van der Waals surface area contributed by atoms with Gasteiger partial charge in [0.15, 0.2) is 0 Å². The molecule has 4 heteroatoms. The number of carbonyl (C=O) groups excluding carboxylic acids is 1. The number of amides is 1. The first-order valence-electron chi connectivity index (χ1n) is 7.89. The Morgan fingerprint density at radius 3 is 2.68 bits per heavy atom. The number of carbonyl (C=O) groups is 1. The van der Waals surface area contributed by atoms with Gasteiger partial charge in [-0.15, -0.1) is 0 Å². The van der Waals surface area contributed by atoms with Crippen molar-refractivity contribution in [3.05, 3.63) is 0 Å². The lowest BCUT2D eigenvalue weighted by atomic mass is 9.90. The molecule has 19 heavy (non-hydrogen) atoms. The van der Waals surface area contributed by atoms with Gasteiger partial charge in [0, 0.05) is 18.6 Å². The molecule has 0 radical (unpaired) electrons. The molecule has 0 aromatic heterocycles. The Balaban J connectivity index is 1.83. The van der Waals surface area contributed by atoms with E-state index < -0.39 is 0 Å². The van der Waals surface area contributed by atoms with Crippen LogP contribution in [0.4, 0.5) is 0 Å². The number of hydrogen-bond donors (Lipinski definition) is 2. The van der Waals surface area contributed by atoms with Gasteiger partial charge in [0.1, 0.15) is 0 Å². The van der Waals surface area contributed by atoms with Crippen molar-refractivity contribution in [3.8, 4) is 0 Å².